The minimum Gasteiger partial charge on any atom is -0.489 e. The van der Waals surface area contributed by atoms with Gasteiger partial charge in [-0.1, -0.05) is 30.3 Å². The van der Waals surface area contributed by atoms with Gasteiger partial charge in [0.05, 0.1) is 11.4 Å². The minimum atomic E-state index is 0.342. The van der Waals surface area contributed by atoms with E-state index in [0.717, 1.165) is 42.2 Å². The number of ether oxygens (including phenoxy) is 1. The highest BCUT2D eigenvalue weighted by molar-refractivity contribution is 5.59. The summed E-state index contributed by atoms with van der Waals surface area (Å²) in [6, 6.07) is 18.8. The van der Waals surface area contributed by atoms with Crippen LogP contribution in [-0.2, 0) is 18.4 Å². The number of fused-ring (bicyclic) bond motifs is 1. The molecule has 1 N–H and O–H groups in total. The van der Waals surface area contributed by atoms with Crippen LogP contribution in [0.4, 0.5) is 5.82 Å². The summed E-state index contributed by atoms with van der Waals surface area (Å²) in [5.41, 5.74) is 5.58. The molecule has 4 aliphatic carbocycles. The van der Waals surface area contributed by atoms with Crippen LogP contribution >= 0.6 is 0 Å². The van der Waals surface area contributed by atoms with E-state index in [1.165, 1.54) is 61.2 Å². The lowest BCUT2D eigenvalue weighted by Gasteiger charge is -2.56. The van der Waals surface area contributed by atoms with Crippen LogP contribution in [-0.4, -0.2) is 16.3 Å². The Kier molecular flexibility index (Phi) is 4.18. The molecule has 8 rings (SSSR count). The molecule has 4 fully saturated rings. The molecule has 0 unspecified atom stereocenters. The highest BCUT2D eigenvalue weighted by Crippen LogP contribution is 2.61. The van der Waals surface area contributed by atoms with Gasteiger partial charge < -0.3 is 10.1 Å². The number of nitrogens with one attached hydrogen (secondary N) is 1. The summed E-state index contributed by atoms with van der Waals surface area (Å²) >= 11 is 0. The molecule has 4 nitrogen and oxygen atoms in total. The molecule has 5 aliphatic rings. The first kappa shape index (κ1) is 18.8. The van der Waals surface area contributed by atoms with Crippen molar-refractivity contribution in [1.82, 2.24) is 9.78 Å². The van der Waals surface area contributed by atoms with Gasteiger partial charge in [0.25, 0.3) is 0 Å². The van der Waals surface area contributed by atoms with E-state index in [2.05, 4.69) is 58.5 Å². The Morgan fingerprint density at radius 1 is 0.906 bits per heavy atom. The van der Waals surface area contributed by atoms with Gasteiger partial charge in [-0.25, -0.2) is 4.68 Å². The van der Waals surface area contributed by atoms with Gasteiger partial charge >= 0.3 is 0 Å². The van der Waals surface area contributed by atoms with Crippen LogP contribution in [0.15, 0.2) is 54.6 Å². The number of nitrogens with zero attached hydrogens (tertiary/aromatic N) is 2. The molecular weight excluding hydrogens is 394 g/mol. The summed E-state index contributed by atoms with van der Waals surface area (Å²) in [5, 5.41) is 8.98. The van der Waals surface area contributed by atoms with E-state index < -0.39 is 0 Å². The highest BCUT2D eigenvalue weighted by Gasteiger charge is 2.54. The molecule has 2 aromatic carbocycles. The van der Waals surface area contributed by atoms with Gasteiger partial charge in [-0.05, 0) is 92.5 Å². The van der Waals surface area contributed by atoms with E-state index in [1.54, 1.807) is 0 Å². The molecule has 4 heteroatoms. The molecule has 0 atom stereocenters. The quantitative estimate of drug-likeness (QED) is 0.554. The van der Waals surface area contributed by atoms with E-state index in [0.29, 0.717) is 12.0 Å². The molecule has 4 saturated carbocycles. The lowest BCUT2D eigenvalue weighted by atomic mass is 9.48. The smallest absolute Gasteiger partial charge is 0.133 e. The average Bonchev–Trinajstić information content (AvgIpc) is 3.41. The Hall–Kier alpha value is -2.75. The van der Waals surface area contributed by atoms with Crippen LogP contribution in [0.25, 0.3) is 5.69 Å². The average molecular weight is 426 g/mol. The molecule has 32 heavy (non-hydrogen) atoms. The molecule has 3 aromatic rings. The second-order valence-corrected chi connectivity index (χ2v) is 10.7. The Labute approximate surface area is 190 Å². The number of benzene rings is 2. The molecule has 0 amide bonds. The van der Waals surface area contributed by atoms with Crippen LogP contribution < -0.4 is 10.1 Å². The number of anilines is 1. The van der Waals surface area contributed by atoms with E-state index in [-0.39, 0.29) is 0 Å². The van der Waals surface area contributed by atoms with E-state index in [1.807, 2.05) is 6.07 Å². The monoisotopic (exact) mass is 425 g/mol. The first-order chi connectivity index (χ1) is 15.8. The van der Waals surface area contributed by atoms with Crippen LogP contribution in [0.1, 0.15) is 55.3 Å². The molecule has 0 spiro atoms. The van der Waals surface area contributed by atoms with Gasteiger partial charge in [-0.3, -0.25) is 0 Å². The molecule has 0 radical (unpaired) electrons. The maximum absolute atomic E-state index is 6.00. The number of aromatic nitrogens is 2. The summed E-state index contributed by atoms with van der Waals surface area (Å²) in [6.45, 7) is 1.62. The third-order valence-corrected chi connectivity index (χ3v) is 8.52. The van der Waals surface area contributed by atoms with Crippen molar-refractivity contribution in [2.45, 2.75) is 57.0 Å². The molecule has 1 aromatic heterocycles. The second-order valence-electron chi connectivity index (χ2n) is 10.7. The lowest BCUT2D eigenvalue weighted by Crippen LogP contribution is -2.49. The van der Waals surface area contributed by atoms with Gasteiger partial charge in [0.1, 0.15) is 18.2 Å². The normalized spacial score (nSPS) is 29.7. The van der Waals surface area contributed by atoms with Crippen LogP contribution in [0.2, 0.25) is 0 Å². The zero-order valence-corrected chi connectivity index (χ0v) is 18.6. The minimum absolute atomic E-state index is 0.342. The number of hydrogen-bond acceptors (Lipinski definition) is 3. The second kappa shape index (κ2) is 7.13. The van der Waals surface area contributed by atoms with Crippen molar-refractivity contribution >= 4 is 5.82 Å². The number of hydrogen-bond donors (Lipinski definition) is 1. The SMILES string of the molecule is c1ccc(COc2ccc(-n3nc(C45CC6CC(CC(C6)C4)C5)c4c3NCC4)cc2)cc1. The van der Waals surface area contributed by atoms with Crippen molar-refractivity contribution in [1.29, 1.82) is 0 Å². The fourth-order valence-corrected chi connectivity index (χ4v) is 7.61. The topological polar surface area (TPSA) is 39.1 Å². The molecule has 0 saturated heterocycles. The van der Waals surface area contributed by atoms with Crippen molar-refractivity contribution in [3.63, 3.8) is 0 Å². The summed E-state index contributed by atoms with van der Waals surface area (Å²) < 4.78 is 8.18. The molecular formula is C28H31N3O. The molecule has 164 valence electrons. The van der Waals surface area contributed by atoms with Gasteiger partial charge in [-0.2, -0.15) is 5.10 Å². The van der Waals surface area contributed by atoms with Gasteiger partial charge in [0.15, 0.2) is 0 Å². The molecule has 4 bridgehead atoms. The largest absolute Gasteiger partial charge is 0.489 e. The maximum Gasteiger partial charge on any atom is 0.133 e. The van der Waals surface area contributed by atoms with E-state index >= 15 is 0 Å². The van der Waals surface area contributed by atoms with Crippen molar-refractivity contribution in [2.75, 3.05) is 11.9 Å². The first-order valence-electron chi connectivity index (χ1n) is 12.4. The summed E-state index contributed by atoms with van der Waals surface area (Å²) in [5.74, 6) is 4.96. The summed E-state index contributed by atoms with van der Waals surface area (Å²) in [7, 11) is 0. The first-order valence-corrected chi connectivity index (χ1v) is 12.4. The van der Waals surface area contributed by atoms with Gasteiger partial charge in [0, 0.05) is 17.5 Å². The third kappa shape index (κ3) is 2.99. The van der Waals surface area contributed by atoms with Crippen LogP contribution in [0.5, 0.6) is 5.75 Å². The highest BCUT2D eigenvalue weighted by atomic mass is 16.5. The maximum atomic E-state index is 6.00. The Balaban J connectivity index is 1.18. The fraction of sp³-hybridized carbons (Fsp3) is 0.464. The van der Waals surface area contributed by atoms with Gasteiger partial charge in [0.2, 0.25) is 0 Å². The standard InChI is InChI=1S/C28H31N3O/c1-2-4-19(5-3-1)18-32-24-8-6-23(7-9-24)31-27-25(10-11-29-27)26(30-31)28-15-20-12-21(16-28)14-22(13-20)17-28/h1-9,20-22,29H,10-18H2. The van der Waals surface area contributed by atoms with E-state index in [4.69, 9.17) is 9.84 Å². The Morgan fingerprint density at radius 3 is 2.28 bits per heavy atom. The fourth-order valence-electron chi connectivity index (χ4n) is 7.61. The van der Waals surface area contributed by atoms with Crippen molar-refractivity contribution < 1.29 is 4.74 Å². The predicted molar refractivity (Wildman–Crippen MR) is 126 cm³/mol. The third-order valence-electron chi connectivity index (χ3n) is 8.52. The van der Waals surface area contributed by atoms with Crippen molar-refractivity contribution in [2.24, 2.45) is 17.8 Å². The molecule has 1 aliphatic heterocycles. The number of rotatable bonds is 5. The van der Waals surface area contributed by atoms with Crippen LogP contribution in [0, 0.1) is 17.8 Å². The van der Waals surface area contributed by atoms with Crippen LogP contribution in [0.3, 0.4) is 0 Å². The lowest BCUT2D eigenvalue weighted by molar-refractivity contribution is -0.00770. The Morgan fingerprint density at radius 2 is 1.59 bits per heavy atom. The van der Waals surface area contributed by atoms with Crippen molar-refractivity contribution in [3.8, 4) is 11.4 Å². The zero-order valence-electron chi connectivity index (χ0n) is 18.6. The van der Waals surface area contributed by atoms with Gasteiger partial charge in [-0.15, -0.1) is 0 Å². The zero-order chi connectivity index (χ0) is 21.1. The Bertz CT molecular complexity index is 1100. The summed E-state index contributed by atoms with van der Waals surface area (Å²) in [6.07, 6.45) is 9.66. The molecule has 2 heterocycles. The predicted octanol–water partition coefficient (Wildman–Crippen LogP) is 5.89. The summed E-state index contributed by atoms with van der Waals surface area (Å²) in [4.78, 5) is 0. The van der Waals surface area contributed by atoms with E-state index in [9.17, 15) is 0 Å². The van der Waals surface area contributed by atoms with Crippen molar-refractivity contribution in [3.05, 3.63) is 71.4 Å².